The van der Waals surface area contributed by atoms with Crippen molar-refractivity contribution >= 4 is 17.5 Å². The van der Waals surface area contributed by atoms with Gasteiger partial charge in [0.2, 0.25) is 11.8 Å². The van der Waals surface area contributed by atoms with Gasteiger partial charge in [0.05, 0.1) is 18.2 Å². The van der Waals surface area contributed by atoms with Gasteiger partial charge in [-0.3, -0.25) is 9.59 Å². The van der Waals surface area contributed by atoms with Crippen LogP contribution in [0.3, 0.4) is 0 Å². The molecule has 7 heteroatoms. The minimum atomic E-state index is -0.609. The average Bonchev–Trinajstić information content (AvgIpc) is 3.03. The number of carbonyl (C=O) groups excluding carboxylic acids is 2. The fourth-order valence-corrected chi connectivity index (χ4v) is 2.04. The third kappa shape index (κ3) is 4.50. The molecule has 2 rings (SSSR count). The van der Waals surface area contributed by atoms with E-state index in [4.69, 9.17) is 0 Å². The van der Waals surface area contributed by atoms with E-state index in [-0.39, 0.29) is 18.2 Å². The molecule has 7 nitrogen and oxygen atoms in total. The Bertz CT molecular complexity index is 690. The van der Waals surface area contributed by atoms with Crippen molar-refractivity contribution in [3.63, 3.8) is 0 Å². The number of aromatic nitrogens is 3. The molecule has 2 amide bonds. The van der Waals surface area contributed by atoms with Crippen LogP contribution in [-0.2, 0) is 21.5 Å². The summed E-state index contributed by atoms with van der Waals surface area (Å²) in [5.41, 5.74) is 1.55. The van der Waals surface area contributed by atoms with Gasteiger partial charge in [-0.05, 0) is 37.6 Å². The number of amides is 2. The molecule has 0 saturated heterocycles. The van der Waals surface area contributed by atoms with Gasteiger partial charge in [0.15, 0.2) is 0 Å². The topological polar surface area (TPSA) is 99.8 Å². The highest BCUT2D eigenvalue weighted by molar-refractivity contribution is 5.98. The van der Waals surface area contributed by atoms with E-state index >= 15 is 0 Å². The largest absolute Gasteiger partial charge is 0.345 e. The highest BCUT2D eigenvalue weighted by Crippen LogP contribution is 2.16. The Hall–Kier alpha value is -2.96. The van der Waals surface area contributed by atoms with Crippen LogP contribution in [0.25, 0.3) is 0 Å². The Morgan fingerprint density at radius 1 is 1.30 bits per heavy atom. The van der Waals surface area contributed by atoms with Gasteiger partial charge >= 0.3 is 0 Å². The van der Waals surface area contributed by atoms with Gasteiger partial charge in [0.1, 0.15) is 5.69 Å². The van der Waals surface area contributed by atoms with Gasteiger partial charge < -0.3 is 10.6 Å². The molecule has 1 heterocycles. The van der Waals surface area contributed by atoms with Gasteiger partial charge in [-0.2, -0.15) is 15.4 Å². The Morgan fingerprint density at radius 2 is 2.00 bits per heavy atom. The van der Waals surface area contributed by atoms with Crippen LogP contribution in [0.4, 0.5) is 5.69 Å². The SMILES string of the molecule is C=CC(=O)Nc1ccc(CC(=O)NC(C)(C)c2cn[nH]n2)cc1. The predicted octanol–water partition coefficient (Wildman–Crippen LogP) is 1.52. The van der Waals surface area contributed by atoms with Crippen molar-refractivity contribution in [2.75, 3.05) is 5.32 Å². The molecular formula is C16H19N5O2. The Balaban J connectivity index is 1.95. The first-order valence-electron chi connectivity index (χ1n) is 7.10. The molecular weight excluding hydrogens is 294 g/mol. The number of rotatable bonds is 6. The normalized spacial score (nSPS) is 10.9. The van der Waals surface area contributed by atoms with E-state index in [1.165, 1.54) is 6.08 Å². The first-order valence-corrected chi connectivity index (χ1v) is 7.10. The van der Waals surface area contributed by atoms with Crippen LogP contribution >= 0.6 is 0 Å². The summed E-state index contributed by atoms with van der Waals surface area (Å²) in [5, 5.41) is 15.9. The van der Waals surface area contributed by atoms with E-state index in [0.29, 0.717) is 11.4 Å². The van der Waals surface area contributed by atoms with Crippen LogP contribution in [0.5, 0.6) is 0 Å². The third-order valence-electron chi connectivity index (χ3n) is 3.28. The van der Waals surface area contributed by atoms with Crippen molar-refractivity contribution in [3.8, 4) is 0 Å². The van der Waals surface area contributed by atoms with Crippen LogP contribution in [0.15, 0.2) is 43.1 Å². The molecule has 0 unspecified atom stereocenters. The summed E-state index contributed by atoms with van der Waals surface area (Å²) in [4.78, 5) is 23.4. The lowest BCUT2D eigenvalue weighted by Crippen LogP contribution is -2.42. The van der Waals surface area contributed by atoms with Gasteiger partial charge in [-0.25, -0.2) is 0 Å². The molecule has 0 spiro atoms. The van der Waals surface area contributed by atoms with Crippen molar-refractivity contribution < 1.29 is 9.59 Å². The van der Waals surface area contributed by atoms with E-state index in [1.807, 2.05) is 13.8 Å². The number of hydrogen-bond donors (Lipinski definition) is 3. The maximum absolute atomic E-state index is 12.2. The monoisotopic (exact) mass is 313 g/mol. The van der Waals surface area contributed by atoms with Crippen LogP contribution < -0.4 is 10.6 Å². The predicted molar refractivity (Wildman–Crippen MR) is 86.5 cm³/mol. The summed E-state index contributed by atoms with van der Waals surface area (Å²) < 4.78 is 0. The molecule has 0 radical (unpaired) electrons. The molecule has 0 bridgehead atoms. The van der Waals surface area contributed by atoms with E-state index in [0.717, 1.165) is 5.56 Å². The average molecular weight is 313 g/mol. The molecule has 1 aromatic heterocycles. The van der Waals surface area contributed by atoms with Crippen molar-refractivity contribution in [2.24, 2.45) is 0 Å². The number of hydrogen-bond acceptors (Lipinski definition) is 4. The lowest BCUT2D eigenvalue weighted by Gasteiger charge is -2.23. The van der Waals surface area contributed by atoms with E-state index in [9.17, 15) is 9.59 Å². The number of benzene rings is 1. The number of nitrogens with zero attached hydrogens (tertiary/aromatic N) is 2. The first-order chi connectivity index (χ1) is 10.9. The minimum Gasteiger partial charge on any atom is -0.345 e. The zero-order chi connectivity index (χ0) is 16.9. The summed E-state index contributed by atoms with van der Waals surface area (Å²) in [6.07, 6.45) is 3.02. The van der Waals surface area contributed by atoms with E-state index in [1.54, 1.807) is 30.5 Å². The molecule has 0 fully saturated rings. The Morgan fingerprint density at radius 3 is 2.57 bits per heavy atom. The summed E-state index contributed by atoms with van der Waals surface area (Å²) in [5.74, 6) is -0.397. The lowest BCUT2D eigenvalue weighted by molar-refractivity contribution is -0.122. The first kappa shape index (κ1) is 16.4. The fourth-order valence-electron chi connectivity index (χ4n) is 2.04. The molecule has 0 aliphatic carbocycles. The Labute approximate surface area is 134 Å². The highest BCUT2D eigenvalue weighted by Gasteiger charge is 2.25. The molecule has 0 aliphatic rings. The van der Waals surface area contributed by atoms with Crippen molar-refractivity contribution in [1.82, 2.24) is 20.7 Å². The second kappa shape index (κ2) is 6.87. The van der Waals surface area contributed by atoms with Crippen LogP contribution in [0.2, 0.25) is 0 Å². The summed E-state index contributed by atoms with van der Waals surface area (Å²) in [7, 11) is 0. The number of anilines is 1. The van der Waals surface area contributed by atoms with E-state index < -0.39 is 5.54 Å². The molecule has 0 aliphatic heterocycles. The van der Waals surface area contributed by atoms with Gasteiger partial charge in [0, 0.05) is 5.69 Å². The standard InChI is InChI=1S/C16H19N5O2/c1-4-14(22)18-12-7-5-11(6-8-12)9-15(23)19-16(2,3)13-10-17-21-20-13/h4-8,10H,1,9H2,2-3H3,(H,18,22)(H,19,23)(H,17,20,21). The maximum atomic E-state index is 12.2. The second-order valence-electron chi connectivity index (χ2n) is 5.60. The van der Waals surface area contributed by atoms with Crippen molar-refractivity contribution in [3.05, 3.63) is 54.4 Å². The molecule has 2 aromatic rings. The van der Waals surface area contributed by atoms with Gasteiger partial charge in [0.25, 0.3) is 0 Å². The number of aromatic amines is 1. The van der Waals surface area contributed by atoms with Crippen LogP contribution in [-0.4, -0.2) is 27.2 Å². The number of H-pyrrole nitrogens is 1. The molecule has 3 N–H and O–H groups in total. The number of nitrogens with one attached hydrogen (secondary N) is 3. The van der Waals surface area contributed by atoms with Crippen molar-refractivity contribution in [2.45, 2.75) is 25.8 Å². The zero-order valence-corrected chi connectivity index (χ0v) is 13.1. The quantitative estimate of drug-likeness (QED) is 0.704. The van der Waals surface area contributed by atoms with E-state index in [2.05, 4.69) is 32.6 Å². The van der Waals surface area contributed by atoms with Gasteiger partial charge in [-0.1, -0.05) is 18.7 Å². The van der Waals surface area contributed by atoms with Crippen molar-refractivity contribution in [1.29, 1.82) is 0 Å². The molecule has 120 valence electrons. The molecule has 0 saturated carbocycles. The fraction of sp³-hybridized carbons (Fsp3) is 0.250. The number of carbonyl (C=O) groups is 2. The maximum Gasteiger partial charge on any atom is 0.247 e. The molecule has 23 heavy (non-hydrogen) atoms. The lowest BCUT2D eigenvalue weighted by atomic mass is 10.0. The Kier molecular flexibility index (Phi) is 4.90. The molecule has 1 aromatic carbocycles. The highest BCUT2D eigenvalue weighted by atomic mass is 16.2. The van der Waals surface area contributed by atoms with Gasteiger partial charge in [-0.15, -0.1) is 0 Å². The summed E-state index contributed by atoms with van der Waals surface area (Å²) >= 11 is 0. The molecule has 0 atom stereocenters. The second-order valence-corrected chi connectivity index (χ2v) is 5.60. The minimum absolute atomic E-state index is 0.124. The zero-order valence-electron chi connectivity index (χ0n) is 13.1. The smallest absolute Gasteiger partial charge is 0.247 e. The van der Waals surface area contributed by atoms with Crippen LogP contribution in [0.1, 0.15) is 25.1 Å². The third-order valence-corrected chi connectivity index (χ3v) is 3.28. The summed E-state index contributed by atoms with van der Waals surface area (Å²) in [6.45, 7) is 7.11. The van der Waals surface area contributed by atoms with Crippen LogP contribution in [0, 0.1) is 0 Å². The summed E-state index contributed by atoms with van der Waals surface area (Å²) in [6, 6.07) is 7.07.